The first kappa shape index (κ1) is 14.7. The third-order valence-corrected chi connectivity index (χ3v) is 3.48. The highest BCUT2D eigenvalue weighted by molar-refractivity contribution is 7.80. The van der Waals surface area contributed by atoms with Crippen LogP contribution in [0, 0.1) is 5.92 Å². The van der Waals surface area contributed by atoms with Gasteiger partial charge in [-0.1, -0.05) is 0 Å². The molecule has 0 radical (unpaired) electrons. The molecule has 20 heavy (non-hydrogen) atoms. The second-order valence-electron chi connectivity index (χ2n) is 4.55. The number of benzene rings is 1. The SMILES string of the molecule is CCOC(=O)C(C(=O)O)C1CCc2cc(S)ccc2O1. The molecule has 1 aromatic rings. The Morgan fingerprint density at radius 3 is 2.95 bits per heavy atom. The van der Waals surface area contributed by atoms with E-state index in [1.165, 1.54) is 0 Å². The summed E-state index contributed by atoms with van der Waals surface area (Å²) in [6.45, 7) is 1.79. The summed E-state index contributed by atoms with van der Waals surface area (Å²) in [5, 5.41) is 9.22. The molecule has 0 aliphatic carbocycles. The highest BCUT2D eigenvalue weighted by Gasteiger charge is 2.39. The van der Waals surface area contributed by atoms with Gasteiger partial charge in [-0.3, -0.25) is 9.59 Å². The van der Waals surface area contributed by atoms with Crippen molar-refractivity contribution in [1.29, 1.82) is 0 Å². The Morgan fingerprint density at radius 1 is 1.55 bits per heavy atom. The highest BCUT2D eigenvalue weighted by Crippen LogP contribution is 2.32. The van der Waals surface area contributed by atoms with E-state index in [1.54, 1.807) is 19.1 Å². The maximum atomic E-state index is 11.8. The van der Waals surface area contributed by atoms with Crippen molar-refractivity contribution in [2.24, 2.45) is 5.92 Å². The number of esters is 1. The summed E-state index contributed by atoms with van der Waals surface area (Å²) in [6.07, 6.45) is 0.405. The minimum absolute atomic E-state index is 0.148. The number of aliphatic carboxylic acids is 1. The number of fused-ring (bicyclic) bond motifs is 1. The lowest BCUT2D eigenvalue weighted by Gasteiger charge is -2.29. The van der Waals surface area contributed by atoms with Crippen molar-refractivity contribution >= 4 is 24.6 Å². The number of carbonyl (C=O) groups is 2. The van der Waals surface area contributed by atoms with E-state index in [-0.39, 0.29) is 6.61 Å². The van der Waals surface area contributed by atoms with E-state index in [0.717, 1.165) is 10.5 Å². The van der Waals surface area contributed by atoms with Crippen molar-refractivity contribution in [3.63, 3.8) is 0 Å². The highest BCUT2D eigenvalue weighted by atomic mass is 32.1. The fourth-order valence-electron chi connectivity index (χ4n) is 2.27. The maximum Gasteiger partial charge on any atom is 0.324 e. The van der Waals surface area contributed by atoms with Crippen LogP contribution in [0.15, 0.2) is 23.1 Å². The lowest BCUT2D eigenvalue weighted by molar-refractivity contribution is -0.163. The summed E-state index contributed by atoms with van der Waals surface area (Å²) in [5.74, 6) is -2.66. The van der Waals surface area contributed by atoms with Crippen LogP contribution in [-0.2, 0) is 20.7 Å². The molecule has 1 aliphatic heterocycles. The summed E-state index contributed by atoms with van der Waals surface area (Å²) >= 11 is 4.25. The smallest absolute Gasteiger partial charge is 0.324 e. The summed E-state index contributed by atoms with van der Waals surface area (Å²) in [6, 6.07) is 5.40. The van der Waals surface area contributed by atoms with Crippen molar-refractivity contribution in [2.45, 2.75) is 30.8 Å². The minimum Gasteiger partial charge on any atom is -0.489 e. The van der Waals surface area contributed by atoms with Crippen LogP contribution in [0.2, 0.25) is 0 Å². The fraction of sp³-hybridized carbons (Fsp3) is 0.429. The summed E-state index contributed by atoms with van der Waals surface area (Å²) < 4.78 is 10.5. The molecule has 0 saturated heterocycles. The zero-order chi connectivity index (χ0) is 14.7. The summed E-state index contributed by atoms with van der Waals surface area (Å²) in [7, 11) is 0. The van der Waals surface area contributed by atoms with Crippen LogP contribution in [0.3, 0.4) is 0 Å². The molecule has 108 valence electrons. The van der Waals surface area contributed by atoms with Crippen molar-refractivity contribution in [2.75, 3.05) is 6.61 Å². The van der Waals surface area contributed by atoms with E-state index in [2.05, 4.69) is 12.6 Å². The maximum absolute atomic E-state index is 11.8. The van der Waals surface area contributed by atoms with Gasteiger partial charge in [-0.2, -0.15) is 0 Å². The minimum atomic E-state index is -1.29. The average molecular weight is 296 g/mol. The number of aryl methyl sites for hydroxylation is 1. The van der Waals surface area contributed by atoms with Crippen molar-refractivity contribution < 1.29 is 24.2 Å². The van der Waals surface area contributed by atoms with Gasteiger partial charge >= 0.3 is 11.9 Å². The van der Waals surface area contributed by atoms with Crippen LogP contribution in [-0.4, -0.2) is 29.8 Å². The third kappa shape index (κ3) is 3.07. The molecule has 0 amide bonds. The number of carboxylic acid groups (broad SMARTS) is 1. The largest absolute Gasteiger partial charge is 0.489 e. The summed E-state index contributed by atoms with van der Waals surface area (Å²) in [4.78, 5) is 23.9. The van der Waals surface area contributed by atoms with Crippen LogP contribution < -0.4 is 4.74 Å². The zero-order valence-corrected chi connectivity index (χ0v) is 11.9. The first-order chi connectivity index (χ1) is 9.52. The van der Waals surface area contributed by atoms with Crippen LogP contribution in [0.5, 0.6) is 5.75 Å². The van der Waals surface area contributed by atoms with Gasteiger partial charge in [0.2, 0.25) is 0 Å². The quantitative estimate of drug-likeness (QED) is 0.504. The number of rotatable bonds is 4. The molecular weight excluding hydrogens is 280 g/mol. The molecule has 2 atom stereocenters. The van der Waals surface area contributed by atoms with E-state index in [1.807, 2.05) is 6.07 Å². The van der Waals surface area contributed by atoms with E-state index in [4.69, 9.17) is 9.47 Å². The van der Waals surface area contributed by atoms with Gasteiger partial charge < -0.3 is 14.6 Å². The Balaban J connectivity index is 2.19. The number of hydrogen-bond acceptors (Lipinski definition) is 5. The van der Waals surface area contributed by atoms with Crippen LogP contribution in [0.25, 0.3) is 0 Å². The molecule has 5 nitrogen and oxygen atoms in total. The lowest BCUT2D eigenvalue weighted by atomic mass is 9.93. The molecule has 1 heterocycles. The van der Waals surface area contributed by atoms with Gasteiger partial charge in [0.05, 0.1) is 6.61 Å². The second kappa shape index (κ2) is 6.17. The average Bonchev–Trinajstić information content (AvgIpc) is 2.39. The Bertz CT molecular complexity index is 528. The molecule has 1 N–H and O–H groups in total. The Morgan fingerprint density at radius 2 is 2.30 bits per heavy atom. The molecule has 0 saturated carbocycles. The van der Waals surface area contributed by atoms with E-state index >= 15 is 0 Å². The summed E-state index contributed by atoms with van der Waals surface area (Å²) in [5.41, 5.74) is 0.974. The van der Waals surface area contributed by atoms with Crippen molar-refractivity contribution in [1.82, 2.24) is 0 Å². The molecule has 0 aromatic heterocycles. The molecular formula is C14H16O5S. The van der Waals surface area contributed by atoms with E-state index < -0.39 is 24.0 Å². The van der Waals surface area contributed by atoms with Gasteiger partial charge in [0.15, 0.2) is 5.92 Å². The van der Waals surface area contributed by atoms with Crippen LogP contribution in [0.1, 0.15) is 18.9 Å². The van der Waals surface area contributed by atoms with Crippen LogP contribution in [0.4, 0.5) is 0 Å². The molecule has 6 heteroatoms. The molecule has 0 spiro atoms. The molecule has 1 aromatic carbocycles. The normalized spacial score (nSPS) is 18.6. The molecule has 2 unspecified atom stereocenters. The standard InChI is InChI=1S/C14H16O5S/c1-2-18-14(17)12(13(15)16)11-5-3-8-7-9(20)4-6-10(8)19-11/h4,6-7,11-12,20H,2-3,5H2,1H3,(H,15,16). The molecule has 0 fully saturated rings. The van der Waals surface area contributed by atoms with E-state index in [9.17, 15) is 14.7 Å². The number of ether oxygens (including phenoxy) is 2. The van der Waals surface area contributed by atoms with Crippen molar-refractivity contribution in [3.05, 3.63) is 23.8 Å². The number of thiol groups is 1. The third-order valence-electron chi connectivity index (χ3n) is 3.20. The monoisotopic (exact) mass is 296 g/mol. The van der Waals surface area contributed by atoms with Gasteiger partial charge in [0, 0.05) is 4.90 Å². The van der Waals surface area contributed by atoms with Gasteiger partial charge in [-0.15, -0.1) is 12.6 Å². The Kier molecular flexibility index (Phi) is 4.54. The van der Waals surface area contributed by atoms with Gasteiger partial charge in [0.25, 0.3) is 0 Å². The van der Waals surface area contributed by atoms with Gasteiger partial charge in [-0.25, -0.2) is 0 Å². The number of hydrogen-bond donors (Lipinski definition) is 2. The zero-order valence-electron chi connectivity index (χ0n) is 11.0. The second-order valence-corrected chi connectivity index (χ2v) is 5.07. The molecule has 0 bridgehead atoms. The van der Waals surface area contributed by atoms with E-state index in [0.29, 0.717) is 18.6 Å². The Hall–Kier alpha value is -1.69. The topological polar surface area (TPSA) is 72.8 Å². The lowest BCUT2D eigenvalue weighted by Crippen LogP contribution is -2.41. The predicted octanol–water partition coefficient (Wildman–Crippen LogP) is 1.93. The fourth-order valence-corrected chi connectivity index (χ4v) is 2.50. The number of carboxylic acids is 1. The molecule has 1 aliphatic rings. The Labute approximate surface area is 122 Å². The van der Waals surface area contributed by atoms with Crippen molar-refractivity contribution in [3.8, 4) is 5.75 Å². The molecule has 2 rings (SSSR count). The van der Waals surface area contributed by atoms with Crippen LogP contribution >= 0.6 is 12.6 Å². The first-order valence-corrected chi connectivity index (χ1v) is 6.85. The predicted molar refractivity (Wildman–Crippen MR) is 74.2 cm³/mol. The number of carbonyl (C=O) groups excluding carboxylic acids is 1. The van der Waals surface area contributed by atoms with Gasteiger partial charge in [0.1, 0.15) is 11.9 Å². The van der Waals surface area contributed by atoms with Gasteiger partial charge in [-0.05, 0) is 43.5 Å². The first-order valence-electron chi connectivity index (χ1n) is 6.41.